The van der Waals surface area contributed by atoms with Crippen LogP contribution >= 0.6 is 0 Å². The molecule has 0 aromatic heterocycles. The minimum Gasteiger partial charge on any atom is -0.489 e. The van der Waals surface area contributed by atoms with Gasteiger partial charge in [0.2, 0.25) is 0 Å². The fourth-order valence-corrected chi connectivity index (χ4v) is 2.83. The van der Waals surface area contributed by atoms with E-state index in [0.717, 1.165) is 12.8 Å². The molecule has 0 saturated carbocycles. The molecule has 2 rings (SSSR count). The molecule has 0 fully saturated rings. The van der Waals surface area contributed by atoms with Crippen LogP contribution < -0.4 is 4.74 Å². The number of nitriles is 1. The second kappa shape index (κ2) is 5.66. The van der Waals surface area contributed by atoms with Crippen LogP contribution in [0.25, 0.3) is 0 Å². The Bertz CT molecular complexity index is 581. The lowest BCUT2D eigenvalue weighted by molar-refractivity contribution is 0.277. The van der Waals surface area contributed by atoms with Gasteiger partial charge >= 0.3 is 0 Å². The van der Waals surface area contributed by atoms with Gasteiger partial charge in [0.05, 0.1) is 5.56 Å². The Morgan fingerprint density at radius 2 is 2.15 bits per heavy atom. The molecule has 0 amide bonds. The molecular weight excluding hydrogens is 253 g/mol. The molecule has 0 radical (unpaired) electrons. The van der Waals surface area contributed by atoms with Crippen LogP contribution in [-0.2, 0) is 0 Å². The van der Waals surface area contributed by atoms with Gasteiger partial charge in [0.1, 0.15) is 24.2 Å². The second-order valence-corrected chi connectivity index (χ2v) is 6.04. The summed E-state index contributed by atoms with van der Waals surface area (Å²) in [6.07, 6.45) is 3.49. The minimum absolute atomic E-state index is 0.0470. The van der Waals surface area contributed by atoms with Gasteiger partial charge in [0, 0.05) is 6.07 Å². The van der Waals surface area contributed by atoms with Crippen LogP contribution in [0.3, 0.4) is 0 Å². The summed E-state index contributed by atoms with van der Waals surface area (Å²) < 4.78 is 19.3. The normalized spacial score (nSPS) is 17.8. The van der Waals surface area contributed by atoms with Crippen molar-refractivity contribution in [3.63, 3.8) is 0 Å². The molecule has 2 nitrogen and oxygen atoms in total. The van der Waals surface area contributed by atoms with Crippen molar-refractivity contribution in [3.8, 4) is 11.8 Å². The summed E-state index contributed by atoms with van der Waals surface area (Å²) in [5.41, 5.74) is 2.89. The standard InChI is InChI=1S/C17H20FNO/c1-12-5-4-8-17(2,3)15(12)11-20-14-7-6-13(10-19)16(18)9-14/h6-7,9H,4-5,8,11H2,1-3H3. The van der Waals surface area contributed by atoms with Gasteiger partial charge in [-0.25, -0.2) is 4.39 Å². The van der Waals surface area contributed by atoms with E-state index < -0.39 is 5.82 Å². The molecule has 0 atom stereocenters. The van der Waals surface area contributed by atoms with E-state index in [-0.39, 0.29) is 11.0 Å². The molecule has 0 unspecified atom stereocenters. The average Bonchev–Trinajstić information content (AvgIpc) is 2.37. The largest absolute Gasteiger partial charge is 0.489 e. The van der Waals surface area contributed by atoms with Crippen molar-refractivity contribution in [2.24, 2.45) is 5.41 Å². The molecule has 1 aliphatic carbocycles. The molecule has 1 aliphatic rings. The van der Waals surface area contributed by atoms with Gasteiger partial charge in [-0.2, -0.15) is 5.26 Å². The Kier molecular flexibility index (Phi) is 4.13. The number of allylic oxidation sites excluding steroid dienone is 1. The van der Waals surface area contributed by atoms with E-state index >= 15 is 0 Å². The highest BCUT2D eigenvalue weighted by atomic mass is 19.1. The van der Waals surface area contributed by atoms with Crippen molar-refractivity contribution in [2.45, 2.75) is 40.0 Å². The lowest BCUT2D eigenvalue weighted by Gasteiger charge is -2.34. The van der Waals surface area contributed by atoms with E-state index in [1.54, 1.807) is 6.07 Å². The Hall–Kier alpha value is -1.82. The van der Waals surface area contributed by atoms with Gasteiger partial charge in [-0.1, -0.05) is 19.4 Å². The zero-order chi connectivity index (χ0) is 14.8. The van der Waals surface area contributed by atoms with Crippen molar-refractivity contribution in [3.05, 3.63) is 40.7 Å². The SMILES string of the molecule is CC1=C(COc2ccc(C#N)c(F)c2)C(C)(C)CCC1. The number of benzene rings is 1. The van der Waals surface area contributed by atoms with Crippen molar-refractivity contribution in [1.82, 2.24) is 0 Å². The second-order valence-electron chi connectivity index (χ2n) is 6.04. The molecule has 0 heterocycles. The first kappa shape index (κ1) is 14.6. The minimum atomic E-state index is -0.529. The molecule has 106 valence electrons. The van der Waals surface area contributed by atoms with Crippen LogP contribution in [0.2, 0.25) is 0 Å². The quantitative estimate of drug-likeness (QED) is 0.754. The van der Waals surface area contributed by atoms with Crippen LogP contribution in [0.5, 0.6) is 5.75 Å². The molecule has 0 N–H and O–H groups in total. The predicted molar refractivity (Wildman–Crippen MR) is 76.9 cm³/mol. The summed E-state index contributed by atoms with van der Waals surface area (Å²) in [6, 6.07) is 6.19. The summed E-state index contributed by atoms with van der Waals surface area (Å²) >= 11 is 0. The monoisotopic (exact) mass is 273 g/mol. The number of hydrogen-bond donors (Lipinski definition) is 0. The maximum atomic E-state index is 13.5. The number of halogens is 1. The van der Waals surface area contributed by atoms with Gasteiger partial charge in [-0.15, -0.1) is 0 Å². The summed E-state index contributed by atoms with van der Waals surface area (Å²) in [7, 11) is 0. The molecule has 0 spiro atoms. The fraction of sp³-hybridized carbons (Fsp3) is 0.471. The smallest absolute Gasteiger partial charge is 0.144 e. The molecule has 0 aliphatic heterocycles. The summed E-state index contributed by atoms with van der Waals surface area (Å²) in [5, 5.41) is 8.71. The van der Waals surface area contributed by atoms with E-state index in [1.165, 1.54) is 29.7 Å². The molecule has 1 aromatic rings. The third kappa shape index (κ3) is 3.01. The molecule has 1 aromatic carbocycles. The molecule has 0 saturated heterocycles. The lowest BCUT2D eigenvalue weighted by atomic mass is 9.73. The number of hydrogen-bond acceptors (Lipinski definition) is 2. The van der Waals surface area contributed by atoms with Crippen LogP contribution in [0.4, 0.5) is 4.39 Å². The third-order valence-electron chi connectivity index (χ3n) is 4.13. The van der Waals surface area contributed by atoms with E-state index in [4.69, 9.17) is 10.00 Å². The number of rotatable bonds is 3. The van der Waals surface area contributed by atoms with Gasteiger partial charge in [-0.05, 0) is 49.3 Å². The first-order valence-electron chi connectivity index (χ1n) is 6.95. The molecule has 3 heteroatoms. The van der Waals surface area contributed by atoms with Crippen molar-refractivity contribution < 1.29 is 9.13 Å². The Labute approximate surface area is 119 Å². The zero-order valence-electron chi connectivity index (χ0n) is 12.3. The van der Waals surface area contributed by atoms with Gasteiger partial charge in [0.25, 0.3) is 0 Å². The topological polar surface area (TPSA) is 33.0 Å². The Morgan fingerprint density at radius 3 is 2.75 bits per heavy atom. The van der Waals surface area contributed by atoms with Crippen LogP contribution in [0, 0.1) is 22.6 Å². The highest BCUT2D eigenvalue weighted by Gasteiger charge is 2.28. The molecular formula is C17H20FNO. The summed E-state index contributed by atoms with van der Waals surface area (Å²) in [6.45, 7) is 7.10. The number of ether oxygens (including phenoxy) is 1. The van der Waals surface area contributed by atoms with Crippen LogP contribution in [-0.4, -0.2) is 6.61 Å². The highest BCUT2D eigenvalue weighted by molar-refractivity contribution is 5.36. The Balaban J connectivity index is 2.12. The molecule has 20 heavy (non-hydrogen) atoms. The van der Waals surface area contributed by atoms with Gasteiger partial charge in [0.15, 0.2) is 0 Å². The molecule has 0 bridgehead atoms. The van der Waals surface area contributed by atoms with E-state index in [1.807, 2.05) is 6.07 Å². The average molecular weight is 273 g/mol. The van der Waals surface area contributed by atoms with Gasteiger partial charge in [-0.3, -0.25) is 0 Å². The lowest BCUT2D eigenvalue weighted by Crippen LogP contribution is -2.24. The summed E-state index contributed by atoms with van der Waals surface area (Å²) in [4.78, 5) is 0. The maximum absolute atomic E-state index is 13.5. The van der Waals surface area contributed by atoms with Crippen LogP contribution in [0.1, 0.15) is 45.6 Å². The van der Waals surface area contributed by atoms with Crippen molar-refractivity contribution in [1.29, 1.82) is 5.26 Å². The van der Waals surface area contributed by atoms with E-state index in [2.05, 4.69) is 20.8 Å². The predicted octanol–water partition coefficient (Wildman–Crippen LogP) is 4.60. The zero-order valence-corrected chi connectivity index (χ0v) is 12.3. The summed E-state index contributed by atoms with van der Waals surface area (Å²) in [5.74, 6) is -0.0539. The van der Waals surface area contributed by atoms with Crippen LogP contribution in [0.15, 0.2) is 29.3 Å². The third-order valence-corrected chi connectivity index (χ3v) is 4.13. The first-order chi connectivity index (χ1) is 9.44. The van der Waals surface area contributed by atoms with E-state index in [9.17, 15) is 4.39 Å². The first-order valence-corrected chi connectivity index (χ1v) is 6.95. The van der Waals surface area contributed by atoms with E-state index in [0.29, 0.717) is 12.4 Å². The van der Waals surface area contributed by atoms with Crippen molar-refractivity contribution >= 4 is 0 Å². The van der Waals surface area contributed by atoms with Crippen molar-refractivity contribution in [2.75, 3.05) is 6.61 Å². The maximum Gasteiger partial charge on any atom is 0.144 e. The highest BCUT2D eigenvalue weighted by Crippen LogP contribution is 2.40. The Morgan fingerprint density at radius 1 is 1.40 bits per heavy atom. The number of nitrogens with zero attached hydrogens (tertiary/aromatic N) is 1. The fourth-order valence-electron chi connectivity index (χ4n) is 2.83. The van der Waals surface area contributed by atoms with Gasteiger partial charge < -0.3 is 4.74 Å².